The fourth-order valence-corrected chi connectivity index (χ4v) is 3.39. The Morgan fingerprint density at radius 2 is 1.58 bits per heavy atom. The highest BCUT2D eigenvalue weighted by atomic mass is 35.5. The van der Waals surface area contributed by atoms with Crippen molar-refractivity contribution < 1.29 is 14.3 Å². The van der Waals surface area contributed by atoms with E-state index in [0.717, 1.165) is 0 Å². The minimum absolute atomic E-state index is 0.208. The van der Waals surface area contributed by atoms with Gasteiger partial charge in [0.15, 0.2) is 0 Å². The van der Waals surface area contributed by atoms with Crippen LogP contribution in [0.15, 0.2) is 36.4 Å². The van der Waals surface area contributed by atoms with Crippen molar-refractivity contribution in [1.82, 2.24) is 0 Å². The van der Waals surface area contributed by atoms with Crippen LogP contribution in [0.1, 0.15) is 0 Å². The maximum absolute atomic E-state index is 12.5. The second-order valence-electron chi connectivity index (χ2n) is 4.97. The van der Waals surface area contributed by atoms with Crippen molar-refractivity contribution in [2.24, 2.45) is 11.8 Å². The van der Waals surface area contributed by atoms with Gasteiger partial charge in [-0.05, 0) is 12.1 Å². The third kappa shape index (κ3) is 1.33. The van der Waals surface area contributed by atoms with E-state index in [-0.39, 0.29) is 24.0 Å². The van der Waals surface area contributed by atoms with E-state index in [4.69, 9.17) is 16.3 Å². The molecule has 0 spiro atoms. The summed E-state index contributed by atoms with van der Waals surface area (Å²) in [4.78, 5) is 26.2. The SMILES string of the molecule is O=C1[C@@H]2[C@@H](C(=O)N1c1ccccc1Cl)[C@H]1C=C[C@@H]2O1. The van der Waals surface area contributed by atoms with Crippen LogP contribution in [-0.4, -0.2) is 24.0 Å². The lowest BCUT2D eigenvalue weighted by Gasteiger charge is -2.18. The molecule has 4 nitrogen and oxygen atoms in total. The molecule has 3 aliphatic rings. The van der Waals surface area contributed by atoms with Crippen LogP contribution in [0.4, 0.5) is 5.69 Å². The van der Waals surface area contributed by atoms with Gasteiger partial charge in [-0.3, -0.25) is 9.59 Å². The Morgan fingerprint density at radius 1 is 1.00 bits per heavy atom. The van der Waals surface area contributed by atoms with Crippen molar-refractivity contribution in [3.8, 4) is 0 Å². The number of benzene rings is 1. The van der Waals surface area contributed by atoms with E-state index in [0.29, 0.717) is 10.7 Å². The number of anilines is 1. The second-order valence-corrected chi connectivity index (χ2v) is 5.37. The summed E-state index contributed by atoms with van der Waals surface area (Å²) in [7, 11) is 0. The van der Waals surface area contributed by atoms with E-state index < -0.39 is 11.8 Å². The summed E-state index contributed by atoms with van der Waals surface area (Å²) in [6.45, 7) is 0. The molecule has 0 saturated carbocycles. The lowest BCUT2D eigenvalue weighted by molar-refractivity contribution is -0.124. The Kier molecular flexibility index (Phi) is 2.17. The maximum Gasteiger partial charge on any atom is 0.240 e. The highest BCUT2D eigenvalue weighted by Gasteiger charge is 2.61. The average Bonchev–Trinajstić information content (AvgIpc) is 3.06. The first-order valence-corrected chi connectivity index (χ1v) is 6.52. The summed E-state index contributed by atoms with van der Waals surface area (Å²) in [6, 6.07) is 6.90. The Morgan fingerprint density at radius 3 is 2.16 bits per heavy atom. The van der Waals surface area contributed by atoms with Gasteiger partial charge in [-0.2, -0.15) is 0 Å². The number of para-hydroxylation sites is 1. The molecule has 19 heavy (non-hydrogen) atoms. The normalized spacial score (nSPS) is 35.3. The number of hydrogen-bond acceptors (Lipinski definition) is 3. The van der Waals surface area contributed by atoms with Crippen LogP contribution in [0.2, 0.25) is 5.02 Å². The molecule has 0 N–H and O–H groups in total. The number of halogens is 1. The molecule has 96 valence electrons. The standard InChI is InChI=1S/C14H10ClNO3/c15-7-3-1-2-4-8(7)16-13(17)11-9-5-6-10(19-9)12(11)14(16)18/h1-6,9-12H/t9-,10+,11-,12-/m0/s1. The first kappa shape index (κ1) is 11.2. The molecule has 3 aliphatic heterocycles. The summed E-state index contributed by atoms with van der Waals surface area (Å²) in [6.07, 6.45) is 3.21. The third-order valence-electron chi connectivity index (χ3n) is 4.00. The molecule has 3 heterocycles. The minimum Gasteiger partial charge on any atom is -0.365 e. The number of ether oxygens (including phenoxy) is 1. The van der Waals surface area contributed by atoms with Gasteiger partial charge in [-0.15, -0.1) is 0 Å². The highest BCUT2D eigenvalue weighted by molar-refractivity contribution is 6.36. The maximum atomic E-state index is 12.5. The summed E-state index contributed by atoms with van der Waals surface area (Å²) < 4.78 is 5.58. The molecule has 2 bridgehead atoms. The Bertz CT molecular complexity index is 597. The van der Waals surface area contributed by atoms with Crippen LogP contribution in [0.3, 0.4) is 0 Å². The molecular formula is C14H10ClNO3. The predicted molar refractivity (Wildman–Crippen MR) is 68.7 cm³/mol. The molecule has 0 radical (unpaired) electrons. The van der Waals surface area contributed by atoms with Gasteiger partial charge in [0.1, 0.15) is 0 Å². The topological polar surface area (TPSA) is 46.6 Å². The number of rotatable bonds is 1. The van der Waals surface area contributed by atoms with E-state index in [1.54, 1.807) is 24.3 Å². The van der Waals surface area contributed by atoms with Gasteiger partial charge in [0.2, 0.25) is 11.8 Å². The van der Waals surface area contributed by atoms with Gasteiger partial charge in [0.05, 0.1) is 34.8 Å². The number of hydrogen-bond donors (Lipinski definition) is 0. The molecule has 2 saturated heterocycles. The zero-order valence-corrected chi connectivity index (χ0v) is 10.6. The number of amides is 2. The molecule has 1 aromatic carbocycles. The number of carbonyl (C=O) groups is 2. The molecule has 4 rings (SSSR count). The minimum atomic E-state index is -0.390. The largest absolute Gasteiger partial charge is 0.365 e. The highest BCUT2D eigenvalue weighted by Crippen LogP contribution is 2.47. The molecule has 0 aromatic heterocycles. The smallest absolute Gasteiger partial charge is 0.240 e. The van der Waals surface area contributed by atoms with E-state index in [1.807, 2.05) is 12.2 Å². The lowest BCUT2D eigenvalue weighted by Crippen LogP contribution is -2.34. The first-order valence-electron chi connectivity index (χ1n) is 6.14. The molecule has 2 fully saturated rings. The average molecular weight is 276 g/mol. The number of imide groups is 1. The van der Waals surface area contributed by atoms with Gasteiger partial charge < -0.3 is 4.74 Å². The van der Waals surface area contributed by atoms with E-state index >= 15 is 0 Å². The monoisotopic (exact) mass is 275 g/mol. The van der Waals surface area contributed by atoms with Crippen molar-refractivity contribution >= 4 is 29.1 Å². The van der Waals surface area contributed by atoms with E-state index in [2.05, 4.69) is 0 Å². The third-order valence-corrected chi connectivity index (χ3v) is 4.32. The van der Waals surface area contributed by atoms with Crippen LogP contribution in [0, 0.1) is 11.8 Å². The second kappa shape index (κ2) is 3.68. The Balaban J connectivity index is 1.79. The van der Waals surface area contributed by atoms with Crippen LogP contribution in [-0.2, 0) is 14.3 Å². The zero-order valence-electron chi connectivity index (χ0n) is 9.82. The molecule has 1 aromatic rings. The Labute approximate surface area is 114 Å². The number of fused-ring (bicyclic) bond motifs is 5. The zero-order chi connectivity index (χ0) is 13.1. The quantitative estimate of drug-likeness (QED) is 0.580. The van der Waals surface area contributed by atoms with Gasteiger partial charge in [-0.25, -0.2) is 4.90 Å². The molecular weight excluding hydrogens is 266 g/mol. The fraction of sp³-hybridized carbons (Fsp3) is 0.286. The van der Waals surface area contributed by atoms with Crippen molar-refractivity contribution in [2.75, 3.05) is 4.90 Å². The summed E-state index contributed by atoms with van der Waals surface area (Å²) in [5.41, 5.74) is 0.466. The van der Waals surface area contributed by atoms with Gasteiger partial charge in [-0.1, -0.05) is 35.9 Å². The van der Waals surface area contributed by atoms with Crippen molar-refractivity contribution in [2.45, 2.75) is 12.2 Å². The van der Waals surface area contributed by atoms with Gasteiger partial charge in [0, 0.05) is 0 Å². The van der Waals surface area contributed by atoms with Gasteiger partial charge in [0.25, 0.3) is 0 Å². The first-order chi connectivity index (χ1) is 9.18. The van der Waals surface area contributed by atoms with Crippen LogP contribution in [0.25, 0.3) is 0 Å². The fourth-order valence-electron chi connectivity index (χ4n) is 3.17. The number of nitrogens with zero attached hydrogens (tertiary/aromatic N) is 1. The van der Waals surface area contributed by atoms with E-state index in [9.17, 15) is 9.59 Å². The summed E-state index contributed by atoms with van der Waals surface area (Å²) in [5.74, 6) is -1.20. The van der Waals surface area contributed by atoms with E-state index in [1.165, 1.54) is 4.90 Å². The van der Waals surface area contributed by atoms with Crippen LogP contribution in [0.5, 0.6) is 0 Å². The molecule has 5 heteroatoms. The molecule has 4 atom stereocenters. The summed E-state index contributed by atoms with van der Waals surface area (Å²) >= 11 is 6.09. The Hall–Kier alpha value is -1.65. The molecule has 2 amide bonds. The molecule has 0 unspecified atom stereocenters. The van der Waals surface area contributed by atoms with Gasteiger partial charge >= 0.3 is 0 Å². The number of carbonyl (C=O) groups excluding carboxylic acids is 2. The van der Waals surface area contributed by atoms with Crippen molar-refractivity contribution in [1.29, 1.82) is 0 Å². The van der Waals surface area contributed by atoms with Crippen LogP contribution < -0.4 is 4.90 Å². The van der Waals surface area contributed by atoms with Crippen molar-refractivity contribution in [3.05, 3.63) is 41.4 Å². The molecule has 0 aliphatic carbocycles. The summed E-state index contributed by atoms with van der Waals surface area (Å²) in [5, 5.41) is 0.408. The van der Waals surface area contributed by atoms with Crippen molar-refractivity contribution in [3.63, 3.8) is 0 Å². The lowest BCUT2D eigenvalue weighted by atomic mass is 9.85. The predicted octanol–water partition coefficient (Wildman–Crippen LogP) is 1.78. The van der Waals surface area contributed by atoms with Crippen LogP contribution >= 0.6 is 11.6 Å².